The number of rotatable bonds is 4. The maximum absolute atomic E-state index is 13.0. The predicted molar refractivity (Wildman–Crippen MR) is 102 cm³/mol. The van der Waals surface area contributed by atoms with E-state index in [1.807, 2.05) is 50.2 Å². The number of amides is 1. The third-order valence-corrected chi connectivity index (χ3v) is 5.12. The summed E-state index contributed by atoms with van der Waals surface area (Å²) < 4.78 is 0. The number of nitrogens with zero attached hydrogens (tertiary/aromatic N) is 1. The fourth-order valence-corrected chi connectivity index (χ4v) is 3.55. The number of benzene rings is 2. The van der Waals surface area contributed by atoms with Crippen LogP contribution in [-0.4, -0.2) is 22.0 Å². The molecule has 0 radical (unpaired) electrons. The molecule has 1 aliphatic heterocycles. The van der Waals surface area contributed by atoms with Crippen molar-refractivity contribution in [1.82, 2.24) is 4.90 Å². The molecule has 0 fully saturated rings. The first kappa shape index (κ1) is 17.8. The largest absolute Gasteiger partial charge is 0.509 e. The van der Waals surface area contributed by atoms with Gasteiger partial charge in [0.1, 0.15) is 5.76 Å². The summed E-state index contributed by atoms with van der Waals surface area (Å²) in [6, 6.07) is 14.2. The molecule has 1 atom stereocenters. The summed E-state index contributed by atoms with van der Waals surface area (Å²) in [4.78, 5) is 14.7. The second-order valence-electron chi connectivity index (χ2n) is 6.50. The summed E-state index contributed by atoms with van der Waals surface area (Å²) in [7, 11) is 0. The van der Waals surface area contributed by atoms with Crippen molar-refractivity contribution < 1.29 is 9.90 Å². The molecule has 0 saturated heterocycles. The second-order valence-corrected chi connectivity index (χ2v) is 7.31. The number of hydrogen-bond donors (Lipinski definition) is 1. The van der Waals surface area contributed by atoms with Crippen LogP contribution in [0.2, 0.25) is 10.0 Å². The van der Waals surface area contributed by atoms with Crippen LogP contribution in [0.15, 0.2) is 54.3 Å². The number of carbonyl (C=O) groups excluding carboxylic acids is 1. The van der Waals surface area contributed by atoms with Crippen molar-refractivity contribution in [3.8, 4) is 0 Å². The Morgan fingerprint density at radius 1 is 1.08 bits per heavy atom. The van der Waals surface area contributed by atoms with E-state index in [1.165, 1.54) is 0 Å². The molecule has 5 heteroatoms. The van der Waals surface area contributed by atoms with Crippen LogP contribution in [0.25, 0.3) is 5.57 Å². The molecule has 1 heterocycles. The molecule has 2 aromatic carbocycles. The topological polar surface area (TPSA) is 40.5 Å². The summed E-state index contributed by atoms with van der Waals surface area (Å²) in [6.45, 7) is 4.34. The van der Waals surface area contributed by atoms with Crippen molar-refractivity contribution in [1.29, 1.82) is 0 Å². The van der Waals surface area contributed by atoms with Gasteiger partial charge in [0.2, 0.25) is 0 Å². The molecule has 0 aliphatic carbocycles. The van der Waals surface area contributed by atoms with Crippen LogP contribution < -0.4 is 0 Å². The van der Waals surface area contributed by atoms with Crippen LogP contribution in [0.5, 0.6) is 0 Å². The molecule has 130 valence electrons. The minimum Gasteiger partial charge on any atom is -0.509 e. The number of halogens is 2. The van der Waals surface area contributed by atoms with E-state index in [2.05, 4.69) is 0 Å². The van der Waals surface area contributed by atoms with Gasteiger partial charge in [-0.15, -0.1) is 0 Å². The van der Waals surface area contributed by atoms with Gasteiger partial charge >= 0.3 is 0 Å². The molecular weight excluding hydrogens is 357 g/mol. The van der Waals surface area contributed by atoms with Crippen LogP contribution >= 0.6 is 23.2 Å². The fraction of sp³-hybridized carbons (Fsp3) is 0.250. The molecule has 3 rings (SSSR count). The molecule has 1 amide bonds. The zero-order valence-corrected chi connectivity index (χ0v) is 15.6. The Bertz CT molecular complexity index is 831. The Balaban J connectivity index is 1.97. The monoisotopic (exact) mass is 375 g/mol. The van der Waals surface area contributed by atoms with Crippen molar-refractivity contribution in [2.75, 3.05) is 0 Å². The van der Waals surface area contributed by atoms with E-state index in [0.29, 0.717) is 22.2 Å². The molecule has 0 saturated carbocycles. The number of aliphatic hydroxyl groups is 1. The van der Waals surface area contributed by atoms with Gasteiger partial charge in [-0.25, -0.2) is 0 Å². The Hall–Kier alpha value is -1.97. The Kier molecular flexibility index (Phi) is 5.07. The van der Waals surface area contributed by atoms with Gasteiger partial charge in [0, 0.05) is 6.54 Å². The Morgan fingerprint density at radius 3 is 2.36 bits per heavy atom. The molecule has 1 aliphatic rings. The number of hydrogen-bond acceptors (Lipinski definition) is 2. The summed E-state index contributed by atoms with van der Waals surface area (Å²) >= 11 is 12.1. The van der Waals surface area contributed by atoms with Crippen LogP contribution in [0.4, 0.5) is 0 Å². The molecule has 0 aromatic heterocycles. The molecule has 0 bridgehead atoms. The van der Waals surface area contributed by atoms with E-state index in [-0.39, 0.29) is 23.6 Å². The highest BCUT2D eigenvalue weighted by molar-refractivity contribution is 6.42. The van der Waals surface area contributed by atoms with Crippen LogP contribution in [-0.2, 0) is 11.3 Å². The van der Waals surface area contributed by atoms with Crippen molar-refractivity contribution in [3.63, 3.8) is 0 Å². The number of carbonyl (C=O) groups is 1. The van der Waals surface area contributed by atoms with E-state index in [9.17, 15) is 9.90 Å². The molecule has 0 unspecified atom stereocenters. The summed E-state index contributed by atoms with van der Waals surface area (Å²) in [5, 5.41) is 11.7. The average Bonchev–Trinajstić information content (AvgIpc) is 2.82. The minimum absolute atomic E-state index is 0.0768. The molecule has 2 aromatic rings. The summed E-state index contributed by atoms with van der Waals surface area (Å²) in [5.41, 5.74) is 1.97. The van der Waals surface area contributed by atoms with Gasteiger partial charge in [-0.3, -0.25) is 4.79 Å². The number of aliphatic hydroxyl groups excluding tert-OH is 1. The van der Waals surface area contributed by atoms with E-state index in [1.54, 1.807) is 17.0 Å². The van der Waals surface area contributed by atoms with Crippen LogP contribution in [0.3, 0.4) is 0 Å². The highest BCUT2D eigenvalue weighted by Crippen LogP contribution is 2.36. The smallest absolute Gasteiger partial charge is 0.258 e. The van der Waals surface area contributed by atoms with Gasteiger partial charge in [-0.2, -0.15) is 0 Å². The summed E-state index contributed by atoms with van der Waals surface area (Å²) in [6.07, 6.45) is 0. The van der Waals surface area contributed by atoms with Crippen LogP contribution in [0, 0.1) is 5.92 Å². The highest BCUT2D eigenvalue weighted by Gasteiger charge is 2.41. The van der Waals surface area contributed by atoms with E-state index < -0.39 is 0 Å². The first-order chi connectivity index (χ1) is 11.9. The van der Waals surface area contributed by atoms with E-state index >= 15 is 0 Å². The van der Waals surface area contributed by atoms with Crippen molar-refractivity contribution in [3.05, 3.63) is 75.5 Å². The van der Waals surface area contributed by atoms with Crippen molar-refractivity contribution in [2.45, 2.75) is 26.4 Å². The zero-order valence-electron chi connectivity index (χ0n) is 14.0. The van der Waals surface area contributed by atoms with Crippen LogP contribution in [0.1, 0.15) is 25.0 Å². The summed E-state index contributed by atoms with van der Waals surface area (Å²) in [5.74, 6) is 0.0349. The molecule has 0 spiro atoms. The fourth-order valence-electron chi connectivity index (χ4n) is 3.23. The molecule has 25 heavy (non-hydrogen) atoms. The average molecular weight is 376 g/mol. The standard InChI is InChI=1S/C20H19Cl2NO2/c1-12(2)18-19(24)17(14-6-4-3-5-7-14)20(25)23(18)11-13-8-9-15(21)16(22)10-13/h3-10,12,18,24H,11H2,1-2H3/t18-/m1/s1. The zero-order chi connectivity index (χ0) is 18.1. The van der Waals surface area contributed by atoms with Crippen molar-refractivity contribution >= 4 is 34.7 Å². The first-order valence-electron chi connectivity index (χ1n) is 8.13. The van der Waals surface area contributed by atoms with Crippen molar-refractivity contribution in [2.24, 2.45) is 5.92 Å². The van der Waals surface area contributed by atoms with E-state index in [0.717, 1.165) is 11.1 Å². The quantitative estimate of drug-likeness (QED) is 0.784. The Labute approximate surface area is 157 Å². The maximum Gasteiger partial charge on any atom is 0.258 e. The normalized spacial score (nSPS) is 17.7. The maximum atomic E-state index is 13.0. The SMILES string of the molecule is CC(C)[C@@H]1C(O)=C(c2ccccc2)C(=O)N1Cc1ccc(Cl)c(Cl)c1. The van der Waals surface area contributed by atoms with Gasteiger partial charge in [0.05, 0.1) is 21.7 Å². The second kappa shape index (κ2) is 7.11. The van der Waals surface area contributed by atoms with Gasteiger partial charge in [0.25, 0.3) is 5.91 Å². The predicted octanol–water partition coefficient (Wildman–Crippen LogP) is 5.33. The Morgan fingerprint density at radius 2 is 1.76 bits per heavy atom. The first-order valence-corrected chi connectivity index (χ1v) is 8.89. The third-order valence-electron chi connectivity index (χ3n) is 4.38. The molecule has 1 N–H and O–H groups in total. The third kappa shape index (κ3) is 3.39. The minimum atomic E-state index is -0.364. The lowest BCUT2D eigenvalue weighted by molar-refractivity contribution is -0.126. The molecule has 3 nitrogen and oxygen atoms in total. The van der Waals surface area contributed by atoms with Gasteiger partial charge < -0.3 is 10.0 Å². The van der Waals surface area contributed by atoms with Gasteiger partial charge in [-0.05, 0) is 29.2 Å². The highest BCUT2D eigenvalue weighted by atomic mass is 35.5. The van der Waals surface area contributed by atoms with Gasteiger partial charge in [-0.1, -0.05) is 73.4 Å². The lowest BCUT2D eigenvalue weighted by Crippen LogP contribution is -2.38. The molecular formula is C20H19Cl2NO2. The lowest BCUT2D eigenvalue weighted by Gasteiger charge is -2.28. The van der Waals surface area contributed by atoms with E-state index in [4.69, 9.17) is 23.2 Å². The lowest BCUT2D eigenvalue weighted by atomic mass is 9.99. The van der Waals surface area contributed by atoms with Gasteiger partial charge in [0.15, 0.2) is 0 Å².